The van der Waals surface area contributed by atoms with E-state index in [9.17, 15) is 9.59 Å². The summed E-state index contributed by atoms with van der Waals surface area (Å²) in [5.74, 6) is -0.622. The van der Waals surface area contributed by atoms with Crippen molar-refractivity contribution in [1.29, 1.82) is 0 Å². The van der Waals surface area contributed by atoms with Crippen molar-refractivity contribution in [2.24, 2.45) is 0 Å². The van der Waals surface area contributed by atoms with Crippen LogP contribution in [0.5, 0.6) is 0 Å². The summed E-state index contributed by atoms with van der Waals surface area (Å²) in [4.78, 5) is 24.2. The molecule has 0 aliphatic carbocycles. The van der Waals surface area contributed by atoms with E-state index in [2.05, 4.69) is 6.07 Å². The average molecular weight is 252 g/mol. The molecule has 2 amide bonds. The van der Waals surface area contributed by atoms with Crippen molar-refractivity contribution in [3.05, 3.63) is 54.6 Å². The maximum absolute atomic E-state index is 11.5. The lowest BCUT2D eigenvalue weighted by Gasteiger charge is -2.17. The van der Waals surface area contributed by atoms with Gasteiger partial charge in [0.1, 0.15) is 0 Å². The number of benzene rings is 2. The Morgan fingerprint density at radius 2 is 1.58 bits per heavy atom. The first kappa shape index (κ1) is 13.0. The molecule has 0 aliphatic heterocycles. The summed E-state index contributed by atoms with van der Waals surface area (Å²) < 4.78 is 0. The lowest BCUT2D eigenvalue weighted by Crippen LogP contribution is -2.33. The number of amides is 2. The minimum atomic E-state index is -0.311. The molecular formula is C16H14NO2. The zero-order chi connectivity index (χ0) is 13.8. The second-order valence-electron chi connectivity index (χ2n) is 4.20. The van der Waals surface area contributed by atoms with Crippen molar-refractivity contribution < 1.29 is 9.59 Å². The van der Waals surface area contributed by atoms with Crippen LogP contribution in [0.1, 0.15) is 13.8 Å². The molecule has 19 heavy (non-hydrogen) atoms. The topological polar surface area (TPSA) is 37.4 Å². The Morgan fingerprint density at radius 1 is 0.947 bits per heavy atom. The molecule has 0 atom stereocenters. The molecule has 2 rings (SSSR count). The fraction of sp³-hybridized carbons (Fsp3) is 0.125. The maximum Gasteiger partial charge on any atom is 0.230 e. The van der Waals surface area contributed by atoms with Crippen LogP contribution in [0.4, 0.5) is 5.69 Å². The lowest BCUT2D eigenvalue weighted by atomic mass is 10.0. The van der Waals surface area contributed by atoms with E-state index in [1.165, 1.54) is 13.8 Å². The molecule has 0 aromatic heterocycles. The summed E-state index contributed by atoms with van der Waals surface area (Å²) >= 11 is 0. The largest absolute Gasteiger partial charge is 0.274 e. The van der Waals surface area contributed by atoms with Gasteiger partial charge in [-0.1, -0.05) is 42.5 Å². The fourth-order valence-electron chi connectivity index (χ4n) is 1.95. The van der Waals surface area contributed by atoms with E-state index in [4.69, 9.17) is 0 Å². The Labute approximate surface area is 112 Å². The second kappa shape index (κ2) is 5.48. The molecule has 0 saturated carbocycles. The summed E-state index contributed by atoms with van der Waals surface area (Å²) in [6, 6.07) is 18.1. The van der Waals surface area contributed by atoms with Gasteiger partial charge in [0, 0.05) is 19.9 Å². The average Bonchev–Trinajstić information content (AvgIpc) is 2.39. The van der Waals surface area contributed by atoms with Crippen LogP contribution >= 0.6 is 0 Å². The number of hydrogen-bond acceptors (Lipinski definition) is 2. The number of nitrogens with zero attached hydrogens (tertiary/aromatic N) is 1. The van der Waals surface area contributed by atoms with E-state index in [0.29, 0.717) is 5.69 Å². The molecular weight excluding hydrogens is 238 g/mol. The molecule has 1 radical (unpaired) electrons. The third-order valence-electron chi connectivity index (χ3n) is 2.76. The van der Waals surface area contributed by atoms with Gasteiger partial charge >= 0.3 is 0 Å². The molecule has 0 fully saturated rings. The zero-order valence-electron chi connectivity index (χ0n) is 10.9. The molecule has 0 aliphatic rings. The van der Waals surface area contributed by atoms with Crippen LogP contribution in [0, 0.1) is 6.07 Å². The first-order valence-electron chi connectivity index (χ1n) is 5.98. The predicted molar refractivity (Wildman–Crippen MR) is 74.6 cm³/mol. The minimum Gasteiger partial charge on any atom is -0.274 e. The number of anilines is 1. The first-order chi connectivity index (χ1) is 9.09. The van der Waals surface area contributed by atoms with Crippen molar-refractivity contribution in [1.82, 2.24) is 0 Å². The van der Waals surface area contributed by atoms with Gasteiger partial charge in [0.05, 0.1) is 5.69 Å². The fourth-order valence-corrected chi connectivity index (χ4v) is 1.95. The lowest BCUT2D eigenvalue weighted by molar-refractivity contribution is -0.124. The van der Waals surface area contributed by atoms with Gasteiger partial charge in [-0.3, -0.25) is 14.5 Å². The summed E-state index contributed by atoms with van der Waals surface area (Å²) in [5, 5.41) is 0. The van der Waals surface area contributed by atoms with Crippen LogP contribution in [-0.2, 0) is 9.59 Å². The molecule has 0 saturated heterocycles. The minimum absolute atomic E-state index is 0.311. The van der Waals surface area contributed by atoms with Crippen LogP contribution in [0.15, 0.2) is 48.5 Å². The standard InChI is InChI=1S/C16H14NO2/c1-12(18)17(13(2)19)16-10-6-9-15(11-16)14-7-4-3-5-8-14/h3-9,11H,1-2H3. The van der Waals surface area contributed by atoms with Crippen molar-refractivity contribution in [3.63, 3.8) is 0 Å². The van der Waals surface area contributed by atoms with Gasteiger partial charge in [0.25, 0.3) is 0 Å². The normalized spacial score (nSPS) is 10.0. The van der Waals surface area contributed by atoms with Gasteiger partial charge < -0.3 is 0 Å². The van der Waals surface area contributed by atoms with E-state index >= 15 is 0 Å². The molecule has 0 bridgehead atoms. The number of hydrogen-bond donors (Lipinski definition) is 0. The van der Waals surface area contributed by atoms with Crippen LogP contribution in [0.3, 0.4) is 0 Å². The van der Waals surface area contributed by atoms with Crippen molar-refractivity contribution in [3.8, 4) is 11.1 Å². The Bertz CT molecular complexity index is 591. The molecule has 0 spiro atoms. The predicted octanol–water partition coefficient (Wildman–Crippen LogP) is 3.05. The molecule has 0 N–H and O–H groups in total. The Balaban J connectivity index is 2.45. The zero-order valence-corrected chi connectivity index (χ0v) is 10.9. The molecule has 0 unspecified atom stereocenters. The highest BCUT2D eigenvalue weighted by Crippen LogP contribution is 2.24. The van der Waals surface area contributed by atoms with Crippen LogP contribution in [0.25, 0.3) is 11.1 Å². The summed E-state index contributed by atoms with van der Waals surface area (Å²) in [7, 11) is 0. The monoisotopic (exact) mass is 252 g/mol. The van der Waals surface area contributed by atoms with Crippen molar-refractivity contribution >= 4 is 17.5 Å². The van der Waals surface area contributed by atoms with Crippen LogP contribution in [-0.4, -0.2) is 11.8 Å². The van der Waals surface area contributed by atoms with E-state index < -0.39 is 0 Å². The van der Waals surface area contributed by atoms with Crippen LogP contribution < -0.4 is 4.90 Å². The SMILES string of the molecule is CC(=O)N(C(C)=O)c1[c]ccc(-c2ccccc2)c1. The van der Waals surface area contributed by atoms with Crippen molar-refractivity contribution in [2.45, 2.75) is 13.8 Å². The highest BCUT2D eigenvalue weighted by molar-refractivity contribution is 6.13. The van der Waals surface area contributed by atoms with Gasteiger partial charge in [0.15, 0.2) is 0 Å². The number of imide groups is 1. The van der Waals surface area contributed by atoms with Crippen LogP contribution in [0.2, 0.25) is 0 Å². The highest BCUT2D eigenvalue weighted by Gasteiger charge is 2.16. The third-order valence-corrected chi connectivity index (χ3v) is 2.76. The van der Waals surface area contributed by atoms with E-state index in [1.807, 2.05) is 36.4 Å². The Morgan fingerprint density at radius 3 is 2.16 bits per heavy atom. The molecule has 2 aromatic carbocycles. The Kier molecular flexibility index (Phi) is 3.76. The number of rotatable bonds is 2. The summed E-state index contributed by atoms with van der Waals surface area (Å²) in [6.45, 7) is 2.73. The molecule has 3 nitrogen and oxygen atoms in total. The maximum atomic E-state index is 11.5. The summed E-state index contributed by atoms with van der Waals surface area (Å²) in [6.07, 6.45) is 0. The Hall–Kier alpha value is -2.42. The van der Waals surface area contributed by atoms with Gasteiger partial charge in [-0.15, -0.1) is 0 Å². The van der Waals surface area contributed by atoms with Gasteiger partial charge in [-0.05, 0) is 17.2 Å². The molecule has 95 valence electrons. The van der Waals surface area contributed by atoms with Crippen molar-refractivity contribution in [2.75, 3.05) is 4.90 Å². The first-order valence-corrected chi connectivity index (χ1v) is 5.98. The summed E-state index contributed by atoms with van der Waals surface area (Å²) in [5.41, 5.74) is 2.45. The third kappa shape index (κ3) is 2.88. The van der Waals surface area contributed by atoms with Gasteiger partial charge in [0.2, 0.25) is 11.8 Å². The molecule has 3 heteroatoms. The number of carbonyl (C=O) groups excluding carboxylic acids is 2. The van der Waals surface area contributed by atoms with E-state index in [-0.39, 0.29) is 11.8 Å². The quantitative estimate of drug-likeness (QED) is 0.823. The molecule has 0 heterocycles. The van der Waals surface area contributed by atoms with E-state index in [1.54, 1.807) is 12.1 Å². The number of carbonyl (C=O) groups is 2. The van der Waals surface area contributed by atoms with Gasteiger partial charge in [-0.25, -0.2) is 0 Å². The van der Waals surface area contributed by atoms with Gasteiger partial charge in [-0.2, -0.15) is 0 Å². The van der Waals surface area contributed by atoms with E-state index in [0.717, 1.165) is 16.0 Å². The highest BCUT2D eigenvalue weighted by atomic mass is 16.2. The second-order valence-corrected chi connectivity index (χ2v) is 4.20. The molecule has 2 aromatic rings. The smallest absolute Gasteiger partial charge is 0.230 e.